The number of carbonyl (C=O) groups is 1. The van der Waals surface area contributed by atoms with E-state index in [1.165, 1.54) is 28.6 Å². The fourth-order valence-corrected chi connectivity index (χ4v) is 6.08. The van der Waals surface area contributed by atoms with Gasteiger partial charge in [-0.05, 0) is 41.3 Å². The number of fused-ring (bicyclic) bond motifs is 1. The number of non-ortho nitro benzene ring substituents is 1. The van der Waals surface area contributed by atoms with E-state index >= 15 is 0 Å². The van der Waals surface area contributed by atoms with E-state index in [1.54, 1.807) is 17.1 Å². The normalized spacial score (nSPS) is 15.0. The number of nitrogens with one attached hydrogen (secondary N) is 1. The van der Waals surface area contributed by atoms with Crippen LogP contribution in [-0.4, -0.2) is 46.4 Å². The van der Waals surface area contributed by atoms with Crippen LogP contribution in [0.2, 0.25) is 0 Å². The quantitative estimate of drug-likeness (QED) is 0.290. The zero-order chi connectivity index (χ0) is 26.0. The van der Waals surface area contributed by atoms with Crippen molar-refractivity contribution in [1.29, 1.82) is 0 Å². The first-order valence-electron chi connectivity index (χ1n) is 11.9. The first-order chi connectivity index (χ1) is 17.8. The Hall–Kier alpha value is -4.09. The second kappa shape index (κ2) is 10.1. The van der Waals surface area contributed by atoms with E-state index in [4.69, 9.17) is 0 Å². The van der Waals surface area contributed by atoms with Crippen molar-refractivity contribution in [3.8, 4) is 0 Å². The van der Waals surface area contributed by atoms with Gasteiger partial charge < -0.3 is 5.32 Å². The predicted octanol–water partition coefficient (Wildman–Crippen LogP) is 4.03. The number of hydrogen-bond donors (Lipinski definition) is 1. The number of amides is 1. The summed E-state index contributed by atoms with van der Waals surface area (Å²) in [6, 6.07) is 19.1. The summed E-state index contributed by atoms with van der Waals surface area (Å²) in [5.41, 5.74) is 1.54. The van der Waals surface area contributed by atoms with E-state index in [0.717, 1.165) is 16.3 Å². The highest BCUT2D eigenvalue weighted by molar-refractivity contribution is 7.89. The molecule has 0 bridgehead atoms. The molecule has 2 heterocycles. The van der Waals surface area contributed by atoms with E-state index < -0.39 is 14.9 Å². The average molecular weight is 520 g/mol. The van der Waals surface area contributed by atoms with Gasteiger partial charge in [0.15, 0.2) is 0 Å². The Labute approximate surface area is 213 Å². The molecule has 0 saturated carbocycles. The molecule has 1 fully saturated rings. The molecule has 3 aromatic carbocycles. The lowest BCUT2D eigenvalue weighted by Gasteiger charge is -2.30. The van der Waals surface area contributed by atoms with Gasteiger partial charge in [-0.3, -0.25) is 19.6 Å². The molecule has 1 aliphatic heterocycles. The van der Waals surface area contributed by atoms with Crippen LogP contribution in [0.1, 0.15) is 18.4 Å². The van der Waals surface area contributed by atoms with Crippen molar-refractivity contribution in [2.45, 2.75) is 24.3 Å². The van der Waals surface area contributed by atoms with Gasteiger partial charge in [-0.15, -0.1) is 0 Å². The third kappa shape index (κ3) is 5.23. The van der Waals surface area contributed by atoms with Gasteiger partial charge in [0, 0.05) is 37.3 Å². The lowest BCUT2D eigenvalue weighted by molar-refractivity contribution is -0.384. The molecule has 1 saturated heterocycles. The number of anilines is 1. The van der Waals surface area contributed by atoms with Gasteiger partial charge in [-0.1, -0.05) is 42.5 Å². The van der Waals surface area contributed by atoms with Gasteiger partial charge in [0.1, 0.15) is 0 Å². The lowest BCUT2D eigenvalue weighted by atomic mass is 9.97. The fourth-order valence-electron chi connectivity index (χ4n) is 4.61. The lowest BCUT2D eigenvalue weighted by Crippen LogP contribution is -2.41. The Balaban J connectivity index is 1.18. The molecule has 0 radical (unpaired) electrons. The van der Waals surface area contributed by atoms with E-state index in [1.807, 2.05) is 18.2 Å². The van der Waals surface area contributed by atoms with Crippen molar-refractivity contribution in [2.75, 3.05) is 18.4 Å². The van der Waals surface area contributed by atoms with Crippen LogP contribution in [0.25, 0.3) is 10.8 Å². The standard InChI is InChI=1S/C26H25N5O5S/c32-26(20-12-14-30(15-13-20)37(35,36)24-10-8-23(9-11-24)31(33)34)28-22-16-27-29(18-22)17-21-6-3-5-19-4-1-2-7-25(19)21/h1-11,16,18,20H,12-15,17H2,(H,28,32). The van der Waals surface area contributed by atoms with Gasteiger partial charge in [0.2, 0.25) is 15.9 Å². The van der Waals surface area contributed by atoms with Crippen LogP contribution in [0.4, 0.5) is 11.4 Å². The molecular formula is C26H25N5O5S. The predicted molar refractivity (Wildman–Crippen MR) is 138 cm³/mol. The second-order valence-electron chi connectivity index (χ2n) is 8.98. The smallest absolute Gasteiger partial charge is 0.269 e. The number of nitro groups is 1. The Bertz CT molecular complexity index is 1550. The summed E-state index contributed by atoms with van der Waals surface area (Å²) < 4.78 is 28.9. The zero-order valence-corrected chi connectivity index (χ0v) is 20.7. The highest BCUT2D eigenvalue weighted by Gasteiger charge is 2.32. The number of piperidine rings is 1. The van der Waals surface area contributed by atoms with Gasteiger partial charge in [-0.2, -0.15) is 9.40 Å². The molecule has 5 rings (SSSR count). The number of sulfonamides is 1. The van der Waals surface area contributed by atoms with Crippen LogP contribution in [0, 0.1) is 16.0 Å². The Morgan fingerprint density at radius 3 is 2.46 bits per heavy atom. The SMILES string of the molecule is O=C(Nc1cnn(Cc2cccc3ccccc23)c1)C1CCN(S(=O)(=O)c2ccc([N+](=O)[O-])cc2)CC1. The Morgan fingerprint density at radius 2 is 1.73 bits per heavy atom. The number of nitro benzene ring substituents is 1. The van der Waals surface area contributed by atoms with Crippen LogP contribution in [0.3, 0.4) is 0 Å². The van der Waals surface area contributed by atoms with E-state index in [9.17, 15) is 23.3 Å². The number of hydrogen-bond acceptors (Lipinski definition) is 6. The van der Waals surface area contributed by atoms with Crippen LogP contribution in [0.15, 0.2) is 84.0 Å². The highest BCUT2D eigenvalue weighted by atomic mass is 32.2. The minimum atomic E-state index is -3.79. The van der Waals surface area contributed by atoms with Crippen molar-refractivity contribution in [3.05, 3.63) is 94.8 Å². The molecule has 11 heteroatoms. The molecule has 1 amide bonds. The monoisotopic (exact) mass is 519 g/mol. The first kappa shape index (κ1) is 24.6. The molecule has 0 atom stereocenters. The maximum atomic E-state index is 12.9. The van der Waals surface area contributed by atoms with Crippen LogP contribution < -0.4 is 5.32 Å². The van der Waals surface area contributed by atoms with Gasteiger partial charge in [-0.25, -0.2) is 8.42 Å². The molecule has 37 heavy (non-hydrogen) atoms. The number of carbonyl (C=O) groups excluding carboxylic acids is 1. The number of aromatic nitrogens is 2. The molecule has 0 aliphatic carbocycles. The van der Waals surface area contributed by atoms with Crippen molar-refractivity contribution >= 4 is 38.1 Å². The molecule has 1 aliphatic rings. The van der Waals surface area contributed by atoms with Crippen LogP contribution in [0.5, 0.6) is 0 Å². The molecule has 190 valence electrons. The van der Waals surface area contributed by atoms with E-state index in [-0.39, 0.29) is 35.5 Å². The van der Waals surface area contributed by atoms with Crippen LogP contribution in [-0.2, 0) is 21.4 Å². The van der Waals surface area contributed by atoms with Gasteiger partial charge >= 0.3 is 0 Å². The summed E-state index contributed by atoms with van der Waals surface area (Å²) in [4.78, 5) is 23.1. The average Bonchev–Trinajstić information content (AvgIpc) is 3.35. The summed E-state index contributed by atoms with van der Waals surface area (Å²) in [5.74, 6) is -0.498. The van der Waals surface area contributed by atoms with E-state index in [2.05, 4.69) is 34.7 Å². The number of nitrogens with zero attached hydrogens (tertiary/aromatic N) is 4. The van der Waals surface area contributed by atoms with Gasteiger partial charge in [0.05, 0.1) is 28.2 Å². The minimum Gasteiger partial charge on any atom is -0.323 e. The first-order valence-corrected chi connectivity index (χ1v) is 13.3. The third-order valence-corrected chi connectivity index (χ3v) is 8.54. The summed E-state index contributed by atoms with van der Waals surface area (Å²) in [7, 11) is -3.79. The molecular weight excluding hydrogens is 494 g/mol. The summed E-state index contributed by atoms with van der Waals surface area (Å²) in [6.45, 7) is 0.950. The van der Waals surface area contributed by atoms with Crippen molar-refractivity contribution in [2.24, 2.45) is 5.92 Å². The number of benzene rings is 3. The molecule has 4 aromatic rings. The molecule has 0 spiro atoms. The van der Waals surface area contributed by atoms with E-state index in [0.29, 0.717) is 25.1 Å². The molecule has 1 aromatic heterocycles. The second-order valence-corrected chi connectivity index (χ2v) is 10.9. The Kier molecular flexibility index (Phi) is 6.72. The van der Waals surface area contributed by atoms with Gasteiger partial charge in [0.25, 0.3) is 5.69 Å². The van der Waals surface area contributed by atoms with Crippen molar-refractivity contribution in [1.82, 2.24) is 14.1 Å². The molecule has 0 unspecified atom stereocenters. The van der Waals surface area contributed by atoms with Crippen molar-refractivity contribution in [3.63, 3.8) is 0 Å². The summed E-state index contributed by atoms with van der Waals surface area (Å²) >= 11 is 0. The highest BCUT2D eigenvalue weighted by Crippen LogP contribution is 2.26. The van der Waals surface area contributed by atoms with Crippen LogP contribution >= 0.6 is 0 Å². The van der Waals surface area contributed by atoms with Crippen molar-refractivity contribution < 1.29 is 18.1 Å². The fraction of sp³-hybridized carbons (Fsp3) is 0.231. The maximum absolute atomic E-state index is 12.9. The maximum Gasteiger partial charge on any atom is 0.269 e. The number of rotatable bonds is 7. The largest absolute Gasteiger partial charge is 0.323 e. The molecule has 1 N–H and O–H groups in total. The Morgan fingerprint density at radius 1 is 1.03 bits per heavy atom. The zero-order valence-electron chi connectivity index (χ0n) is 19.9. The molecule has 10 nitrogen and oxygen atoms in total. The summed E-state index contributed by atoms with van der Waals surface area (Å²) in [5, 5.41) is 20.4. The third-order valence-electron chi connectivity index (χ3n) is 6.62. The topological polar surface area (TPSA) is 127 Å². The summed E-state index contributed by atoms with van der Waals surface area (Å²) in [6.07, 6.45) is 4.15. The minimum absolute atomic E-state index is 0.000361.